The monoisotopic (exact) mass is 281 g/mol. The molecule has 0 amide bonds. The second-order valence-electron chi connectivity index (χ2n) is 4.58. The van der Waals surface area contributed by atoms with Crippen molar-refractivity contribution in [3.05, 3.63) is 60.1 Å². The Hall–Kier alpha value is -2.89. The smallest absolute Gasteiger partial charge is 0.175 e. The molecule has 2 heterocycles. The van der Waals surface area contributed by atoms with Crippen LogP contribution in [-0.2, 0) is 6.54 Å². The fraction of sp³-hybridized carbons (Fsp3) is 0.133. The van der Waals surface area contributed by atoms with Crippen LogP contribution in [0.15, 0.2) is 53.3 Å². The number of aryl methyl sites for hydroxylation is 1. The Balaban J connectivity index is 1.65. The van der Waals surface area contributed by atoms with E-state index in [-0.39, 0.29) is 0 Å². The second kappa shape index (κ2) is 6.04. The number of hydrogen-bond acceptors (Lipinski definition) is 6. The summed E-state index contributed by atoms with van der Waals surface area (Å²) in [6.45, 7) is 2.55. The predicted molar refractivity (Wildman–Crippen MR) is 80.3 cm³/mol. The minimum atomic E-state index is 0.625. The minimum absolute atomic E-state index is 0.625. The average molecular weight is 281 g/mol. The largest absolute Gasteiger partial charge is 0.366 e. The molecule has 0 bridgehead atoms. The van der Waals surface area contributed by atoms with Gasteiger partial charge in [-0.3, -0.25) is 0 Å². The second-order valence-corrected chi connectivity index (χ2v) is 4.58. The summed E-state index contributed by atoms with van der Waals surface area (Å²) in [5.74, 6) is 2.78. The van der Waals surface area contributed by atoms with Gasteiger partial charge in [0.25, 0.3) is 0 Å². The number of nitrogens with zero attached hydrogens (tertiary/aromatic N) is 3. The zero-order valence-corrected chi connectivity index (χ0v) is 11.6. The van der Waals surface area contributed by atoms with E-state index in [2.05, 4.69) is 37.9 Å². The van der Waals surface area contributed by atoms with Gasteiger partial charge in [0.2, 0.25) is 0 Å². The van der Waals surface area contributed by atoms with Crippen LogP contribution in [0.5, 0.6) is 0 Å². The van der Waals surface area contributed by atoms with Crippen LogP contribution in [0.4, 0.5) is 17.5 Å². The van der Waals surface area contributed by atoms with Gasteiger partial charge in [-0.25, -0.2) is 9.97 Å². The van der Waals surface area contributed by atoms with Crippen molar-refractivity contribution in [2.75, 3.05) is 10.6 Å². The number of hydrogen-bond donors (Lipinski definition) is 2. The molecule has 0 saturated heterocycles. The standard InChI is InChI=1S/C15H15N5O/c1-11-7-15(20-21-11)19-14-8-13(17-10-18-14)16-9-12-5-3-2-4-6-12/h2-8,10H,9H2,1H3,(H2,16,17,18,19,20). The van der Waals surface area contributed by atoms with Gasteiger partial charge < -0.3 is 15.2 Å². The Bertz CT molecular complexity index is 711. The topological polar surface area (TPSA) is 75.9 Å². The molecule has 2 aromatic heterocycles. The van der Waals surface area contributed by atoms with Gasteiger partial charge in [-0.2, -0.15) is 0 Å². The lowest BCUT2D eigenvalue weighted by atomic mass is 10.2. The molecule has 0 aliphatic rings. The molecule has 1 aromatic carbocycles. The Morgan fingerprint density at radius 2 is 1.81 bits per heavy atom. The molecule has 0 aliphatic carbocycles. The predicted octanol–water partition coefficient (Wildman–Crippen LogP) is 3.13. The van der Waals surface area contributed by atoms with Gasteiger partial charge >= 0.3 is 0 Å². The first kappa shape index (κ1) is 13.1. The molecular formula is C15H15N5O. The fourth-order valence-corrected chi connectivity index (χ4v) is 1.87. The lowest BCUT2D eigenvalue weighted by Crippen LogP contribution is -2.03. The summed E-state index contributed by atoms with van der Waals surface area (Å²) in [4.78, 5) is 8.35. The highest BCUT2D eigenvalue weighted by Gasteiger charge is 2.03. The van der Waals surface area contributed by atoms with Crippen molar-refractivity contribution in [1.82, 2.24) is 15.1 Å². The molecule has 0 unspecified atom stereocenters. The molecule has 0 radical (unpaired) electrons. The number of aromatic nitrogens is 3. The summed E-state index contributed by atoms with van der Waals surface area (Å²) in [5.41, 5.74) is 1.19. The van der Waals surface area contributed by atoms with Gasteiger partial charge in [-0.05, 0) is 12.5 Å². The van der Waals surface area contributed by atoms with Crippen molar-refractivity contribution >= 4 is 17.5 Å². The van der Waals surface area contributed by atoms with E-state index < -0.39 is 0 Å². The first-order valence-electron chi connectivity index (χ1n) is 6.60. The normalized spacial score (nSPS) is 10.3. The van der Waals surface area contributed by atoms with Crippen molar-refractivity contribution < 1.29 is 4.52 Å². The van der Waals surface area contributed by atoms with Gasteiger partial charge in [0.05, 0.1) is 0 Å². The number of rotatable bonds is 5. The minimum Gasteiger partial charge on any atom is -0.366 e. The van der Waals surface area contributed by atoms with E-state index in [9.17, 15) is 0 Å². The highest BCUT2D eigenvalue weighted by Crippen LogP contribution is 2.16. The average Bonchev–Trinajstić information content (AvgIpc) is 2.92. The van der Waals surface area contributed by atoms with Crippen molar-refractivity contribution in [3.63, 3.8) is 0 Å². The van der Waals surface area contributed by atoms with Crippen LogP contribution in [0, 0.1) is 6.92 Å². The summed E-state index contributed by atoms with van der Waals surface area (Å²) in [6.07, 6.45) is 1.50. The quantitative estimate of drug-likeness (QED) is 0.748. The molecule has 106 valence electrons. The van der Waals surface area contributed by atoms with Crippen LogP contribution < -0.4 is 10.6 Å². The summed E-state index contributed by atoms with van der Waals surface area (Å²) in [6, 6.07) is 13.8. The Kier molecular flexibility index (Phi) is 3.77. The molecule has 0 saturated carbocycles. The molecular weight excluding hydrogens is 266 g/mol. The number of benzene rings is 1. The summed E-state index contributed by atoms with van der Waals surface area (Å²) < 4.78 is 5.00. The van der Waals surface area contributed by atoms with Crippen LogP contribution in [0.3, 0.4) is 0 Å². The maximum atomic E-state index is 5.00. The van der Waals surface area contributed by atoms with Crippen LogP contribution in [0.2, 0.25) is 0 Å². The van der Waals surface area contributed by atoms with Crippen molar-refractivity contribution in [3.8, 4) is 0 Å². The molecule has 3 rings (SSSR count). The molecule has 0 fully saturated rings. The third-order valence-corrected chi connectivity index (χ3v) is 2.87. The van der Waals surface area contributed by atoms with Gasteiger partial charge in [0.15, 0.2) is 5.82 Å². The van der Waals surface area contributed by atoms with Gasteiger partial charge in [0, 0.05) is 18.7 Å². The molecule has 6 nitrogen and oxygen atoms in total. The van der Waals surface area contributed by atoms with E-state index in [4.69, 9.17) is 4.52 Å². The van der Waals surface area contributed by atoms with E-state index in [0.717, 1.165) is 11.6 Å². The van der Waals surface area contributed by atoms with Crippen molar-refractivity contribution in [2.45, 2.75) is 13.5 Å². The molecule has 6 heteroatoms. The molecule has 3 aromatic rings. The van der Waals surface area contributed by atoms with Gasteiger partial charge in [-0.1, -0.05) is 35.5 Å². The molecule has 0 spiro atoms. The summed E-state index contributed by atoms with van der Waals surface area (Å²) in [5, 5.41) is 10.2. The van der Waals surface area contributed by atoms with E-state index in [0.29, 0.717) is 18.2 Å². The Morgan fingerprint density at radius 1 is 1.00 bits per heavy atom. The van der Waals surface area contributed by atoms with Gasteiger partial charge in [-0.15, -0.1) is 0 Å². The molecule has 2 N–H and O–H groups in total. The first-order chi connectivity index (χ1) is 10.3. The van der Waals surface area contributed by atoms with Crippen molar-refractivity contribution in [2.24, 2.45) is 0 Å². The third-order valence-electron chi connectivity index (χ3n) is 2.87. The lowest BCUT2D eigenvalue weighted by molar-refractivity contribution is 0.400. The van der Waals surface area contributed by atoms with Crippen molar-refractivity contribution in [1.29, 1.82) is 0 Å². The van der Waals surface area contributed by atoms with E-state index >= 15 is 0 Å². The molecule has 21 heavy (non-hydrogen) atoms. The Labute approximate surface area is 122 Å². The lowest BCUT2D eigenvalue weighted by Gasteiger charge is -2.07. The zero-order chi connectivity index (χ0) is 14.5. The number of nitrogens with one attached hydrogen (secondary N) is 2. The zero-order valence-electron chi connectivity index (χ0n) is 11.6. The van der Waals surface area contributed by atoms with Crippen LogP contribution in [0.25, 0.3) is 0 Å². The summed E-state index contributed by atoms with van der Waals surface area (Å²) >= 11 is 0. The van der Waals surface area contributed by atoms with E-state index in [1.54, 1.807) is 6.07 Å². The highest BCUT2D eigenvalue weighted by atomic mass is 16.5. The number of anilines is 3. The SMILES string of the molecule is Cc1cc(Nc2cc(NCc3ccccc3)ncn2)no1. The van der Waals surface area contributed by atoms with Gasteiger partial charge in [0.1, 0.15) is 23.7 Å². The van der Waals surface area contributed by atoms with E-state index in [1.165, 1.54) is 11.9 Å². The maximum Gasteiger partial charge on any atom is 0.175 e. The molecule has 0 atom stereocenters. The van der Waals surface area contributed by atoms with Crippen LogP contribution >= 0.6 is 0 Å². The Morgan fingerprint density at radius 3 is 2.57 bits per heavy atom. The van der Waals surface area contributed by atoms with E-state index in [1.807, 2.05) is 31.2 Å². The third kappa shape index (κ3) is 3.56. The fourth-order valence-electron chi connectivity index (χ4n) is 1.87. The highest BCUT2D eigenvalue weighted by molar-refractivity contribution is 5.55. The first-order valence-corrected chi connectivity index (χ1v) is 6.60. The molecule has 0 aliphatic heterocycles. The summed E-state index contributed by atoms with van der Waals surface area (Å²) in [7, 11) is 0. The van der Waals surface area contributed by atoms with Crippen LogP contribution in [-0.4, -0.2) is 15.1 Å². The maximum absolute atomic E-state index is 5.00. The van der Waals surface area contributed by atoms with Crippen LogP contribution in [0.1, 0.15) is 11.3 Å².